The SMILES string of the molecule is CC(C)(CNC(=O)c1csc(CN)n1)c1cccc(Br)c1. The van der Waals surface area contributed by atoms with Crippen LogP contribution < -0.4 is 11.1 Å². The van der Waals surface area contributed by atoms with Gasteiger partial charge in [-0.25, -0.2) is 4.98 Å². The van der Waals surface area contributed by atoms with Crippen molar-refractivity contribution in [2.45, 2.75) is 25.8 Å². The van der Waals surface area contributed by atoms with Gasteiger partial charge < -0.3 is 11.1 Å². The van der Waals surface area contributed by atoms with Crippen molar-refractivity contribution in [3.05, 3.63) is 50.4 Å². The van der Waals surface area contributed by atoms with Gasteiger partial charge in [0.15, 0.2) is 0 Å². The van der Waals surface area contributed by atoms with Crippen LogP contribution in [0.4, 0.5) is 0 Å². The summed E-state index contributed by atoms with van der Waals surface area (Å²) in [4.78, 5) is 16.3. The predicted octanol–water partition coefficient (Wildman–Crippen LogP) is 3.07. The van der Waals surface area contributed by atoms with Gasteiger partial charge in [0.25, 0.3) is 5.91 Å². The summed E-state index contributed by atoms with van der Waals surface area (Å²) in [5.41, 5.74) is 6.95. The zero-order chi connectivity index (χ0) is 15.5. The zero-order valence-corrected chi connectivity index (χ0v) is 14.4. The Kier molecular flexibility index (Phi) is 5.13. The molecule has 1 aromatic heterocycles. The number of carbonyl (C=O) groups is 1. The number of rotatable bonds is 5. The van der Waals surface area contributed by atoms with E-state index < -0.39 is 0 Å². The second kappa shape index (κ2) is 6.68. The molecule has 0 spiro atoms. The number of hydrogen-bond donors (Lipinski definition) is 2. The van der Waals surface area contributed by atoms with Gasteiger partial charge in [-0.3, -0.25) is 4.79 Å². The van der Waals surface area contributed by atoms with E-state index in [1.54, 1.807) is 5.38 Å². The van der Waals surface area contributed by atoms with E-state index in [9.17, 15) is 4.79 Å². The summed E-state index contributed by atoms with van der Waals surface area (Å²) in [5, 5.41) is 5.45. The fourth-order valence-corrected chi connectivity index (χ4v) is 2.97. The van der Waals surface area contributed by atoms with E-state index in [-0.39, 0.29) is 11.3 Å². The third-order valence-electron chi connectivity index (χ3n) is 3.26. The van der Waals surface area contributed by atoms with Crippen molar-refractivity contribution in [1.29, 1.82) is 0 Å². The smallest absolute Gasteiger partial charge is 0.270 e. The third-order valence-corrected chi connectivity index (χ3v) is 4.62. The molecule has 1 heterocycles. The Bertz CT molecular complexity index is 639. The van der Waals surface area contributed by atoms with Crippen LogP contribution >= 0.6 is 27.3 Å². The largest absolute Gasteiger partial charge is 0.350 e. The molecule has 3 N–H and O–H groups in total. The molecule has 0 radical (unpaired) electrons. The molecule has 1 amide bonds. The summed E-state index contributed by atoms with van der Waals surface area (Å²) < 4.78 is 1.03. The number of benzene rings is 1. The van der Waals surface area contributed by atoms with Gasteiger partial charge in [0, 0.05) is 28.4 Å². The Morgan fingerprint density at radius 3 is 2.86 bits per heavy atom. The Labute approximate surface area is 136 Å². The maximum absolute atomic E-state index is 12.1. The van der Waals surface area contributed by atoms with E-state index in [1.165, 1.54) is 11.3 Å². The molecule has 0 aliphatic heterocycles. The molecule has 2 rings (SSSR count). The van der Waals surface area contributed by atoms with Crippen LogP contribution in [0.5, 0.6) is 0 Å². The minimum atomic E-state index is -0.161. The minimum absolute atomic E-state index is 0.158. The molecule has 4 nitrogen and oxygen atoms in total. The third kappa shape index (κ3) is 4.12. The molecule has 21 heavy (non-hydrogen) atoms. The van der Waals surface area contributed by atoms with E-state index in [4.69, 9.17) is 5.73 Å². The summed E-state index contributed by atoms with van der Waals surface area (Å²) in [5.74, 6) is -0.158. The maximum atomic E-state index is 12.1. The lowest BCUT2D eigenvalue weighted by atomic mass is 9.84. The lowest BCUT2D eigenvalue weighted by molar-refractivity contribution is 0.0941. The van der Waals surface area contributed by atoms with Crippen LogP contribution in [0.2, 0.25) is 0 Å². The molecule has 6 heteroatoms. The molecule has 112 valence electrons. The molecule has 0 unspecified atom stereocenters. The normalized spacial score (nSPS) is 11.4. The highest BCUT2D eigenvalue weighted by molar-refractivity contribution is 9.10. The number of aromatic nitrogens is 1. The first-order chi connectivity index (χ1) is 9.92. The minimum Gasteiger partial charge on any atom is -0.350 e. The number of nitrogens with one attached hydrogen (secondary N) is 1. The molecule has 2 aromatic rings. The van der Waals surface area contributed by atoms with E-state index in [2.05, 4.69) is 52.2 Å². The van der Waals surface area contributed by atoms with Crippen molar-refractivity contribution in [2.24, 2.45) is 5.73 Å². The fraction of sp³-hybridized carbons (Fsp3) is 0.333. The highest BCUT2D eigenvalue weighted by Crippen LogP contribution is 2.25. The fourth-order valence-electron chi connectivity index (χ4n) is 1.91. The topological polar surface area (TPSA) is 68.0 Å². The number of halogens is 1. The highest BCUT2D eigenvalue weighted by atomic mass is 79.9. The Morgan fingerprint density at radius 2 is 2.24 bits per heavy atom. The molecule has 0 atom stereocenters. The quantitative estimate of drug-likeness (QED) is 0.852. The number of carbonyl (C=O) groups excluding carboxylic acids is 1. The van der Waals surface area contributed by atoms with E-state index in [1.807, 2.05) is 12.1 Å². The molecule has 0 aliphatic carbocycles. The Balaban J connectivity index is 2.02. The van der Waals surface area contributed by atoms with Crippen molar-refractivity contribution in [3.8, 4) is 0 Å². The van der Waals surface area contributed by atoms with Gasteiger partial charge in [-0.2, -0.15) is 0 Å². The summed E-state index contributed by atoms with van der Waals surface area (Å²) in [6, 6.07) is 8.12. The number of nitrogens with zero attached hydrogens (tertiary/aromatic N) is 1. The van der Waals surface area contributed by atoms with Crippen molar-refractivity contribution in [1.82, 2.24) is 10.3 Å². The van der Waals surface area contributed by atoms with Crippen LogP contribution in [0.1, 0.15) is 34.9 Å². The second-order valence-corrected chi connectivity index (χ2v) is 7.27. The zero-order valence-electron chi connectivity index (χ0n) is 12.0. The van der Waals surface area contributed by atoms with Gasteiger partial charge in [0.1, 0.15) is 10.7 Å². The monoisotopic (exact) mass is 367 g/mol. The lowest BCUT2D eigenvalue weighted by Crippen LogP contribution is -2.36. The van der Waals surface area contributed by atoms with Gasteiger partial charge >= 0.3 is 0 Å². The number of amides is 1. The molecule has 0 bridgehead atoms. The average Bonchev–Trinajstić information content (AvgIpc) is 2.94. The summed E-state index contributed by atoms with van der Waals surface area (Å²) in [6.07, 6.45) is 0. The van der Waals surface area contributed by atoms with Gasteiger partial charge in [0.2, 0.25) is 0 Å². The van der Waals surface area contributed by atoms with Crippen LogP contribution in [0, 0.1) is 0 Å². The van der Waals surface area contributed by atoms with Crippen molar-refractivity contribution >= 4 is 33.2 Å². The van der Waals surface area contributed by atoms with Gasteiger partial charge in [0.05, 0.1) is 0 Å². The first kappa shape index (κ1) is 16.1. The molecule has 0 aliphatic rings. The molecule has 0 saturated carbocycles. The van der Waals surface area contributed by atoms with Gasteiger partial charge in [-0.05, 0) is 17.7 Å². The van der Waals surface area contributed by atoms with E-state index in [0.29, 0.717) is 18.8 Å². The maximum Gasteiger partial charge on any atom is 0.270 e. The van der Waals surface area contributed by atoms with Crippen molar-refractivity contribution in [2.75, 3.05) is 6.54 Å². The molecule has 0 saturated heterocycles. The number of hydrogen-bond acceptors (Lipinski definition) is 4. The molecular formula is C15H18BrN3OS. The van der Waals surface area contributed by atoms with Crippen LogP contribution in [-0.4, -0.2) is 17.4 Å². The first-order valence-electron chi connectivity index (χ1n) is 6.61. The van der Waals surface area contributed by atoms with Gasteiger partial charge in [-0.1, -0.05) is 41.9 Å². The Hall–Kier alpha value is -1.24. The van der Waals surface area contributed by atoms with E-state index in [0.717, 1.165) is 15.0 Å². The van der Waals surface area contributed by atoms with Crippen LogP contribution in [0.15, 0.2) is 34.1 Å². The number of thiazole rings is 1. The predicted molar refractivity (Wildman–Crippen MR) is 89.5 cm³/mol. The standard InChI is InChI=1S/C15H18BrN3OS/c1-15(2,10-4-3-5-11(16)6-10)9-18-14(20)12-8-21-13(7-17)19-12/h3-6,8H,7,9,17H2,1-2H3,(H,18,20). The van der Waals surface area contributed by atoms with Crippen LogP contribution in [0.3, 0.4) is 0 Å². The number of nitrogens with two attached hydrogens (primary N) is 1. The van der Waals surface area contributed by atoms with Crippen molar-refractivity contribution < 1.29 is 4.79 Å². The van der Waals surface area contributed by atoms with Crippen LogP contribution in [0.25, 0.3) is 0 Å². The average molecular weight is 368 g/mol. The first-order valence-corrected chi connectivity index (χ1v) is 8.28. The molecule has 0 fully saturated rings. The lowest BCUT2D eigenvalue weighted by Gasteiger charge is -2.25. The van der Waals surface area contributed by atoms with E-state index >= 15 is 0 Å². The van der Waals surface area contributed by atoms with Gasteiger partial charge in [-0.15, -0.1) is 11.3 Å². The summed E-state index contributed by atoms with van der Waals surface area (Å²) in [6.45, 7) is 5.10. The summed E-state index contributed by atoms with van der Waals surface area (Å²) in [7, 11) is 0. The molecular weight excluding hydrogens is 350 g/mol. The second-order valence-electron chi connectivity index (χ2n) is 5.41. The molecule has 1 aromatic carbocycles. The summed E-state index contributed by atoms with van der Waals surface area (Å²) >= 11 is 4.88. The Morgan fingerprint density at radius 1 is 1.48 bits per heavy atom. The highest BCUT2D eigenvalue weighted by Gasteiger charge is 2.22. The van der Waals surface area contributed by atoms with Crippen LogP contribution in [-0.2, 0) is 12.0 Å². The van der Waals surface area contributed by atoms with Crippen molar-refractivity contribution in [3.63, 3.8) is 0 Å².